The van der Waals surface area contributed by atoms with Gasteiger partial charge in [-0.15, -0.1) is 5.10 Å². The average Bonchev–Trinajstić information content (AvgIpc) is 3.19. The maximum atomic E-state index is 13.4. The normalized spacial score (nSPS) is 14.7. The maximum Gasteiger partial charge on any atom is 0.351 e. The molecule has 1 fully saturated rings. The average molecular weight is 514 g/mol. The summed E-state index contributed by atoms with van der Waals surface area (Å²) in [5.74, 6) is -0.0757. The van der Waals surface area contributed by atoms with Gasteiger partial charge in [0.05, 0.1) is 31.0 Å². The molecular weight excluding hydrogens is 482 g/mol. The zero-order chi connectivity index (χ0) is 25.7. The predicted molar refractivity (Wildman–Crippen MR) is 139 cm³/mol. The molecule has 0 radical (unpaired) electrons. The summed E-state index contributed by atoms with van der Waals surface area (Å²) >= 11 is 6.19. The van der Waals surface area contributed by atoms with Crippen LogP contribution < -0.4 is 11.0 Å². The van der Waals surface area contributed by atoms with E-state index >= 15 is 0 Å². The van der Waals surface area contributed by atoms with Crippen molar-refractivity contribution in [1.29, 1.82) is 0 Å². The molecule has 36 heavy (non-hydrogen) atoms. The number of hydrogen-bond donors (Lipinski definition) is 2. The fourth-order valence-corrected chi connectivity index (χ4v) is 4.25. The van der Waals surface area contributed by atoms with Crippen molar-refractivity contribution in [2.45, 2.75) is 32.4 Å². The van der Waals surface area contributed by atoms with E-state index in [0.717, 1.165) is 39.3 Å². The van der Waals surface area contributed by atoms with Crippen LogP contribution in [0.5, 0.6) is 0 Å². The molecule has 0 spiro atoms. The lowest BCUT2D eigenvalue weighted by molar-refractivity contribution is -0.123. The molecule has 1 amide bonds. The summed E-state index contributed by atoms with van der Waals surface area (Å²) in [6.07, 6.45) is 0.901. The van der Waals surface area contributed by atoms with Crippen LogP contribution in [0, 0.1) is 0 Å². The zero-order valence-electron chi connectivity index (χ0n) is 20.6. The third-order valence-electron chi connectivity index (χ3n) is 6.12. The predicted octanol–water partition coefficient (Wildman–Crippen LogP) is 2.12. The van der Waals surface area contributed by atoms with Crippen molar-refractivity contribution in [1.82, 2.24) is 24.6 Å². The van der Waals surface area contributed by atoms with Crippen molar-refractivity contribution in [2.75, 3.05) is 39.5 Å². The smallest absolute Gasteiger partial charge is 0.351 e. The fourth-order valence-electron chi connectivity index (χ4n) is 4.06. The standard InChI is InChI=1S/C26H32ClN5O4/c1-26(2,18-33)28-23(34)17-31-24(20-4-3-5-21(27)16-20)29-32(25(31)35)22-8-6-19(7-9-22)10-11-30-12-14-36-15-13-30/h3-9,16,33H,10-15,17-18H2,1-2H3,(H,28,34). The molecule has 0 saturated carbocycles. The van der Waals surface area contributed by atoms with E-state index in [-0.39, 0.29) is 13.2 Å². The van der Waals surface area contributed by atoms with Gasteiger partial charge in [0.15, 0.2) is 5.82 Å². The highest BCUT2D eigenvalue weighted by molar-refractivity contribution is 6.30. The maximum absolute atomic E-state index is 13.4. The van der Waals surface area contributed by atoms with Crippen LogP contribution in [0.3, 0.4) is 0 Å². The number of carbonyl (C=O) groups excluding carboxylic acids is 1. The SMILES string of the molecule is CC(C)(CO)NC(=O)Cn1c(-c2cccc(Cl)c2)nn(-c2ccc(CCN3CCOCC3)cc2)c1=O. The monoisotopic (exact) mass is 513 g/mol. The van der Waals surface area contributed by atoms with E-state index in [2.05, 4.69) is 15.3 Å². The van der Waals surface area contributed by atoms with Crippen LogP contribution in [0.25, 0.3) is 17.1 Å². The molecule has 0 atom stereocenters. The van der Waals surface area contributed by atoms with E-state index < -0.39 is 17.1 Å². The third kappa shape index (κ3) is 6.41. The van der Waals surface area contributed by atoms with Crippen molar-refractivity contribution >= 4 is 17.5 Å². The molecule has 1 aromatic heterocycles. The molecule has 1 aliphatic heterocycles. The van der Waals surface area contributed by atoms with Crippen LogP contribution in [0.15, 0.2) is 53.3 Å². The number of carbonyl (C=O) groups is 1. The molecule has 10 heteroatoms. The van der Waals surface area contributed by atoms with E-state index in [1.807, 2.05) is 24.3 Å². The highest BCUT2D eigenvalue weighted by Crippen LogP contribution is 2.21. The number of benzene rings is 2. The Kier molecular flexibility index (Phi) is 8.25. The second-order valence-corrected chi connectivity index (χ2v) is 10.0. The number of hydrogen-bond acceptors (Lipinski definition) is 6. The summed E-state index contributed by atoms with van der Waals surface area (Å²) in [6, 6.07) is 14.7. The van der Waals surface area contributed by atoms with Crippen LogP contribution in [-0.4, -0.2) is 75.3 Å². The highest BCUT2D eigenvalue weighted by Gasteiger charge is 2.23. The summed E-state index contributed by atoms with van der Waals surface area (Å²) < 4.78 is 8.02. The molecule has 4 rings (SSSR count). The van der Waals surface area contributed by atoms with Gasteiger partial charge >= 0.3 is 5.69 Å². The minimum Gasteiger partial charge on any atom is -0.394 e. The first-order valence-electron chi connectivity index (χ1n) is 12.0. The first-order chi connectivity index (χ1) is 17.3. The lowest BCUT2D eigenvalue weighted by Gasteiger charge is -2.26. The van der Waals surface area contributed by atoms with Gasteiger partial charge in [0.25, 0.3) is 0 Å². The molecule has 1 aliphatic rings. The van der Waals surface area contributed by atoms with E-state index in [1.165, 1.54) is 14.8 Å². The van der Waals surface area contributed by atoms with Crippen molar-refractivity contribution in [2.24, 2.45) is 0 Å². The Morgan fingerprint density at radius 3 is 2.56 bits per heavy atom. The summed E-state index contributed by atoms with van der Waals surface area (Å²) in [4.78, 5) is 28.5. The van der Waals surface area contributed by atoms with Crippen molar-refractivity contribution < 1.29 is 14.6 Å². The number of aromatic nitrogens is 3. The Labute approximate surface area is 215 Å². The minimum absolute atomic E-state index is 0.230. The van der Waals surface area contributed by atoms with Gasteiger partial charge in [-0.2, -0.15) is 4.68 Å². The number of halogens is 1. The van der Waals surface area contributed by atoms with Gasteiger partial charge in [-0.3, -0.25) is 14.3 Å². The van der Waals surface area contributed by atoms with Gasteiger partial charge in [0, 0.05) is 30.2 Å². The largest absolute Gasteiger partial charge is 0.394 e. The van der Waals surface area contributed by atoms with Gasteiger partial charge in [0.1, 0.15) is 6.54 Å². The lowest BCUT2D eigenvalue weighted by Crippen LogP contribution is -2.48. The van der Waals surface area contributed by atoms with Crippen LogP contribution in [-0.2, 0) is 22.5 Å². The number of aliphatic hydroxyl groups excluding tert-OH is 1. The van der Waals surface area contributed by atoms with Crippen molar-refractivity contribution in [3.05, 3.63) is 69.6 Å². The molecule has 9 nitrogen and oxygen atoms in total. The van der Waals surface area contributed by atoms with E-state index in [4.69, 9.17) is 16.3 Å². The highest BCUT2D eigenvalue weighted by atomic mass is 35.5. The molecular formula is C26H32ClN5O4. The van der Waals surface area contributed by atoms with Crippen LogP contribution in [0.4, 0.5) is 0 Å². The number of nitrogens with zero attached hydrogens (tertiary/aromatic N) is 4. The number of ether oxygens (including phenoxy) is 1. The van der Waals surface area contributed by atoms with E-state index in [1.54, 1.807) is 38.1 Å². The molecule has 0 unspecified atom stereocenters. The number of morpholine rings is 1. The van der Waals surface area contributed by atoms with E-state index in [0.29, 0.717) is 22.1 Å². The molecule has 192 valence electrons. The van der Waals surface area contributed by atoms with Gasteiger partial charge < -0.3 is 15.2 Å². The van der Waals surface area contributed by atoms with Gasteiger partial charge in [-0.05, 0) is 50.1 Å². The van der Waals surface area contributed by atoms with Crippen molar-refractivity contribution in [3.63, 3.8) is 0 Å². The second-order valence-electron chi connectivity index (χ2n) is 9.58. The summed E-state index contributed by atoms with van der Waals surface area (Å²) in [7, 11) is 0. The summed E-state index contributed by atoms with van der Waals surface area (Å²) in [5, 5.41) is 17.3. The fraction of sp³-hybridized carbons (Fsp3) is 0.423. The Morgan fingerprint density at radius 1 is 1.17 bits per heavy atom. The van der Waals surface area contributed by atoms with Crippen molar-refractivity contribution in [3.8, 4) is 17.1 Å². The molecule has 1 saturated heterocycles. The Morgan fingerprint density at radius 2 is 1.89 bits per heavy atom. The zero-order valence-corrected chi connectivity index (χ0v) is 21.4. The Bertz CT molecular complexity index is 1250. The first kappa shape index (κ1) is 26.1. The van der Waals surface area contributed by atoms with Crippen LogP contribution in [0.1, 0.15) is 19.4 Å². The minimum atomic E-state index is -0.816. The quantitative estimate of drug-likeness (QED) is 0.454. The number of rotatable bonds is 9. The first-order valence-corrected chi connectivity index (χ1v) is 12.4. The number of aliphatic hydroxyl groups is 1. The molecule has 2 heterocycles. The third-order valence-corrected chi connectivity index (χ3v) is 6.36. The molecule has 2 N–H and O–H groups in total. The molecule has 3 aromatic rings. The Balaban J connectivity index is 1.60. The lowest BCUT2D eigenvalue weighted by atomic mass is 10.1. The van der Waals surface area contributed by atoms with Gasteiger partial charge in [-0.1, -0.05) is 35.9 Å². The van der Waals surface area contributed by atoms with Crippen LogP contribution in [0.2, 0.25) is 5.02 Å². The second kappa shape index (κ2) is 11.4. The molecule has 0 aliphatic carbocycles. The number of nitrogens with one attached hydrogen (secondary N) is 1. The summed E-state index contributed by atoms with van der Waals surface area (Å²) in [6.45, 7) is 7.32. The van der Waals surface area contributed by atoms with Gasteiger partial charge in [-0.25, -0.2) is 4.79 Å². The number of amides is 1. The molecule has 0 bridgehead atoms. The van der Waals surface area contributed by atoms with E-state index in [9.17, 15) is 14.7 Å². The van der Waals surface area contributed by atoms with Gasteiger partial charge in [0.2, 0.25) is 5.91 Å². The Hall–Kier alpha value is -2.98. The topological polar surface area (TPSA) is 102 Å². The molecule has 2 aromatic carbocycles. The van der Waals surface area contributed by atoms with Crippen LogP contribution >= 0.6 is 11.6 Å². The summed E-state index contributed by atoms with van der Waals surface area (Å²) in [5.41, 5.74) is 1.13.